The molecule has 0 spiro atoms. The fourth-order valence-corrected chi connectivity index (χ4v) is 2.07. The molecule has 16 heavy (non-hydrogen) atoms. The van der Waals surface area contributed by atoms with Crippen LogP contribution in [0.4, 0.5) is 0 Å². The van der Waals surface area contributed by atoms with Crippen LogP contribution in [0.1, 0.15) is 32.6 Å². The molecule has 0 radical (unpaired) electrons. The molecule has 0 aromatic rings. The highest BCUT2D eigenvalue weighted by Gasteiger charge is 2.20. The Labute approximate surface area is 98.1 Å². The van der Waals surface area contributed by atoms with Crippen molar-refractivity contribution in [3.63, 3.8) is 0 Å². The van der Waals surface area contributed by atoms with Gasteiger partial charge in [0.05, 0.1) is 5.76 Å². The zero-order valence-corrected chi connectivity index (χ0v) is 10.8. The van der Waals surface area contributed by atoms with Crippen LogP contribution in [-0.2, 0) is 14.6 Å². The lowest BCUT2D eigenvalue weighted by Gasteiger charge is -2.22. The molecule has 0 saturated carbocycles. The predicted octanol–water partition coefficient (Wildman–Crippen LogP) is 2.65. The molecule has 0 aliphatic heterocycles. The minimum Gasteiger partial charge on any atom is -0.480 e. The van der Waals surface area contributed by atoms with Crippen molar-refractivity contribution in [1.29, 1.82) is 0 Å². The zero-order valence-electron chi connectivity index (χ0n) is 9.98. The van der Waals surface area contributed by atoms with E-state index in [1.807, 2.05) is 12.2 Å². The summed E-state index contributed by atoms with van der Waals surface area (Å²) in [4.78, 5) is 0. The van der Waals surface area contributed by atoms with Gasteiger partial charge in [0.1, 0.15) is 0 Å². The lowest BCUT2D eigenvalue weighted by molar-refractivity contribution is 0.172. The second-order valence-corrected chi connectivity index (χ2v) is 6.65. The Hall–Kier alpha value is -0.770. The SMILES string of the molecule is C=CCC1C=C(OC(C)S(C)(=O)=O)CCC1. The fraction of sp³-hybridized carbons (Fsp3) is 0.667. The van der Waals surface area contributed by atoms with Crippen molar-refractivity contribution < 1.29 is 13.2 Å². The molecule has 0 amide bonds. The fourth-order valence-electron chi connectivity index (χ4n) is 1.77. The molecule has 3 nitrogen and oxygen atoms in total. The average Bonchev–Trinajstić information content (AvgIpc) is 2.17. The van der Waals surface area contributed by atoms with E-state index in [0.717, 1.165) is 31.4 Å². The highest BCUT2D eigenvalue weighted by Crippen LogP contribution is 2.27. The summed E-state index contributed by atoms with van der Waals surface area (Å²) < 4.78 is 28.0. The van der Waals surface area contributed by atoms with E-state index in [4.69, 9.17) is 4.74 Å². The van der Waals surface area contributed by atoms with E-state index in [2.05, 4.69) is 6.58 Å². The van der Waals surface area contributed by atoms with E-state index in [0.29, 0.717) is 5.92 Å². The maximum atomic E-state index is 11.2. The summed E-state index contributed by atoms with van der Waals surface area (Å²) in [5, 5.41) is 0. The van der Waals surface area contributed by atoms with Gasteiger partial charge in [-0.2, -0.15) is 0 Å². The van der Waals surface area contributed by atoms with Crippen molar-refractivity contribution in [3.05, 3.63) is 24.5 Å². The van der Waals surface area contributed by atoms with Crippen LogP contribution in [0.5, 0.6) is 0 Å². The number of sulfone groups is 1. The summed E-state index contributed by atoms with van der Waals surface area (Å²) in [5.74, 6) is 1.27. The van der Waals surface area contributed by atoms with Crippen LogP contribution in [0, 0.1) is 5.92 Å². The third-order valence-corrected chi connectivity index (χ3v) is 4.11. The van der Waals surface area contributed by atoms with Gasteiger partial charge in [0, 0.05) is 12.7 Å². The van der Waals surface area contributed by atoms with Crippen LogP contribution in [0.3, 0.4) is 0 Å². The normalized spacial score (nSPS) is 23.4. The van der Waals surface area contributed by atoms with E-state index in [-0.39, 0.29) is 0 Å². The lowest BCUT2D eigenvalue weighted by Crippen LogP contribution is -2.20. The maximum Gasteiger partial charge on any atom is 0.195 e. The molecule has 2 unspecified atom stereocenters. The molecule has 0 heterocycles. The van der Waals surface area contributed by atoms with Gasteiger partial charge in [-0.3, -0.25) is 0 Å². The van der Waals surface area contributed by atoms with Gasteiger partial charge in [-0.05, 0) is 38.2 Å². The summed E-state index contributed by atoms with van der Waals surface area (Å²) >= 11 is 0. The summed E-state index contributed by atoms with van der Waals surface area (Å²) in [6, 6.07) is 0. The number of hydrogen-bond donors (Lipinski definition) is 0. The number of allylic oxidation sites excluding steroid dienone is 3. The first-order valence-corrected chi connectivity index (χ1v) is 7.56. The van der Waals surface area contributed by atoms with Gasteiger partial charge in [0.2, 0.25) is 0 Å². The highest BCUT2D eigenvalue weighted by atomic mass is 32.2. The largest absolute Gasteiger partial charge is 0.480 e. The van der Waals surface area contributed by atoms with Gasteiger partial charge in [-0.25, -0.2) is 8.42 Å². The molecular formula is C12H20O3S. The highest BCUT2D eigenvalue weighted by molar-refractivity contribution is 7.91. The smallest absolute Gasteiger partial charge is 0.195 e. The first-order valence-electron chi connectivity index (χ1n) is 5.60. The van der Waals surface area contributed by atoms with Gasteiger partial charge < -0.3 is 4.74 Å². The monoisotopic (exact) mass is 244 g/mol. The van der Waals surface area contributed by atoms with Crippen LogP contribution in [0.25, 0.3) is 0 Å². The van der Waals surface area contributed by atoms with Crippen molar-refractivity contribution in [2.75, 3.05) is 6.26 Å². The summed E-state index contributed by atoms with van der Waals surface area (Å²) in [6.07, 6.45) is 9.10. The van der Waals surface area contributed by atoms with E-state index in [1.54, 1.807) is 6.92 Å². The second kappa shape index (κ2) is 5.53. The quantitative estimate of drug-likeness (QED) is 0.698. The standard InChI is InChI=1S/C12H20O3S/c1-4-6-11-7-5-8-12(9-11)15-10(2)16(3,13)14/h4,9-11H,1,5-8H2,2-3H3. The van der Waals surface area contributed by atoms with E-state index in [9.17, 15) is 8.42 Å². The van der Waals surface area contributed by atoms with Gasteiger partial charge >= 0.3 is 0 Å². The Morgan fingerprint density at radius 3 is 2.94 bits per heavy atom. The Morgan fingerprint density at radius 2 is 2.38 bits per heavy atom. The van der Waals surface area contributed by atoms with Crippen LogP contribution >= 0.6 is 0 Å². The Morgan fingerprint density at radius 1 is 1.69 bits per heavy atom. The number of rotatable bonds is 5. The second-order valence-electron chi connectivity index (χ2n) is 4.32. The lowest BCUT2D eigenvalue weighted by atomic mass is 9.92. The topological polar surface area (TPSA) is 43.4 Å². The Balaban J connectivity index is 2.63. The predicted molar refractivity (Wildman–Crippen MR) is 65.6 cm³/mol. The first-order chi connectivity index (χ1) is 7.43. The van der Waals surface area contributed by atoms with E-state index < -0.39 is 15.3 Å². The van der Waals surface area contributed by atoms with Gasteiger partial charge in [-0.1, -0.05) is 6.08 Å². The van der Waals surface area contributed by atoms with Crippen molar-refractivity contribution in [2.24, 2.45) is 5.92 Å². The van der Waals surface area contributed by atoms with Crippen molar-refractivity contribution in [3.8, 4) is 0 Å². The maximum absolute atomic E-state index is 11.2. The summed E-state index contributed by atoms with van der Waals surface area (Å²) in [7, 11) is -3.12. The Bertz CT molecular complexity index is 368. The average molecular weight is 244 g/mol. The van der Waals surface area contributed by atoms with Crippen LogP contribution in [0.15, 0.2) is 24.5 Å². The van der Waals surface area contributed by atoms with E-state index >= 15 is 0 Å². The molecule has 2 atom stereocenters. The molecular weight excluding hydrogens is 224 g/mol. The molecule has 0 aromatic carbocycles. The van der Waals surface area contributed by atoms with Crippen LogP contribution < -0.4 is 0 Å². The molecule has 1 aliphatic rings. The van der Waals surface area contributed by atoms with Gasteiger partial charge in [-0.15, -0.1) is 6.58 Å². The van der Waals surface area contributed by atoms with Crippen LogP contribution in [-0.4, -0.2) is 20.1 Å². The van der Waals surface area contributed by atoms with Crippen LogP contribution in [0.2, 0.25) is 0 Å². The Kier molecular flexibility index (Phi) is 4.59. The molecule has 0 bridgehead atoms. The first kappa shape index (κ1) is 13.3. The molecule has 0 saturated heterocycles. The molecule has 92 valence electrons. The molecule has 4 heteroatoms. The molecule has 1 rings (SSSR count). The summed E-state index contributed by atoms with van der Waals surface area (Å²) in [6.45, 7) is 5.29. The van der Waals surface area contributed by atoms with Crippen molar-refractivity contribution in [2.45, 2.75) is 38.0 Å². The van der Waals surface area contributed by atoms with Crippen molar-refractivity contribution >= 4 is 9.84 Å². The molecule has 0 fully saturated rings. The number of hydrogen-bond acceptors (Lipinski definition) is 3. The zero-order chi connectivity index (χ0) is 12.2. The molecule has 0 N–H and O–H groups in total. The third-order valence-electron chi connectivity index (χ3n) is 2.81. The van der Waals surface area contributed by atoms with E-state index in [1.165, 1.54) is 6.26 Å². The van der Waals surface area contributed by atoms with Gasteiger partial charge in [0.15, 0.2) is 15.3 Å². The minimum absolute atomic E-state index is 0.452. The minimum atomic E-state index is -3.12. The molecule has 1 aliphatic carbocycles. The summed E-state index contributed by atoms with van der Waals surface area (Å²) in [5.41, 5.74) is -0.749. The third kappa shape index (κ3) is 4.00. The van der Waals surface area contributed by atoms with Crippen molar-refractivity contribution in [1.82, 2.24) is 0 Å². The van der Waals surface area contributed by atoms with Gasteiger partial charge in [0.25, 0.3) is 0 Å². The molecule has 0 aromatic heterocycles. The number of ether oxygens (including phenoxy) is 1.